The van der Waals surface area contributed by atoms with Crippen LogP contribution in [0, 0.1) is 0 Å². The van der Waals surface area contributed by atoms with E-state index in [0.717, 1.165) is 30.6 Å². The fourth-order valence-corrected chi connectivity index (χ4v) is 5.56. The molecular weight excluding hydrogens is 330 g/mol. The average Bonchev–Trinajstić information content (AvgIpc) is 3.18. The van der Waals surface area contributed by atoms with E-state index >= 15 is 0 Å². The number of carbonyl (C=O) groups is 1. The van der Waals surface area contributed by atoms with Gasteiger partial charge in [0.15, 0.2) is 5.78 Å². The molecule has 1 aliphatic carbocycles. The molecule has 1 saturated carbocycles. The quantitative estimate of drug-likeness (QED) is 0.837. The first kappa shape index (κ1) is 16.4. The molecule has 1 aromatic heterocycles. The molecule has 2 aromatic rings. The molecule has 1 fully saturated rings. The minimum Gasteiger partial charge on any atom is -0.295 e. The molecule has 0 bridgehead atoms. The van der Waals surface area contributed by atoms with Crippen LogP contribution in [-0.4, -0.2) is 14.2 Å². The SMILES string of the molecule is CC(=O)c1ccc(S(=O)(=O)NC2(c3cccs3)CCCC2)cc1. The topological polar surface area (TPSA) is 63.2 Å². The molecule has 0 radical (unpaired) electrons. The molecule has 0 atom stereocenters. The molecule has 122 valence electrons. The van der Waals surface area contributed by atoms with Gasteiger partial charge in [0.05, 0.1) is 10.4 Å². The fourth-order valence-electron chi connectivity index (χ4n) is 3.11. The molecule has 0 aliphatic heterocycles. The Labute approximate surface area is 140 Å². The number of sulfonamides is 1. The highest BCUT2D eigenvalue weighted by Gasteiger charge is 2.40. The first-order valence-electron chi connectivity index (χ1n) is 7.62. The van der Waals surface area contributed by atoms with Crippen molar-refractivity contribution in [3.8, 4) is 0 Å². The van der Waals surface area contributed by atoms with Crippen LogP contribution in [0.3, 0.4) is 0 Å². The fraction of sp³-hybridized carbons (Fsp3) is 0.353. The molecule has 0 saturated heterocycles. The van der Waals surface area contributed by atoms with Crippen LogP contribution < -0.4 is 4.72 Å². The molecule has 1 aromatic carbocycles. The van der Waals surface area contributed by atoms with Crippen LogP contribution in [0.25, 0.3) is 0 Å². The van der Waals surface area contributed by atoms with E-state index in [0.29, 0.717) is 5.56 Å². The summed E-state index contributed by atoms with van der Waals surface area (Å²) in [7, 11) is -3.63. The highest BCUT2D eigenvalue weighted by Crippen LogP contribution is 2.41. The second kappa shape index (κ2) is 6.19. The van der Waals surface area contributed by atoms with Gasteiger partial charge in [-0.1, -0.05) is 31.0 Å². The van der Waals surface area contributed by atoms with Crippen LogP contribution in [0.2, 0.25) is 0 Å². The number of ketones is 1. The second-order valence-electron chi connectivity index (χ2n) is 5.95. The van der Waals surface area contributed by atoms with Gasteiger partial charge in [-0.15, -0.1) is 11.3 Å². The lowest BCUT2D eigenvalue weighted by molar-refractivity contribution is 0.101. The third kappa shape index (κ3) is 3.24. The van der Waals surface area contributed by atoms with Gasteiger partial charge in [0.2, 0.25) is 10.0 Å². The zero-order valence-electron chi connectivity index (χ0n) is 12.9. The summed E-state index contributed by atoms with van der Waals surface area (Å²) >= 11 is 1.59. The smallest absolute Gasteiger partial charge is 0.241 e. The zero-order valence-corrected chi connectivity index (χ0v) is 14.5. The normalized spacial score (nSPS) is 17.3. The van der Waals surface area contributed by atoms with Crippen molar-refractivity contribution in [2.45, 2.75) is 43.0 Å². The minimum atomic E-state index is -3.63. The summed E-state index contributed by atoms with van der Waals surface area (Å²) in [5, 5.41) is 1.98. The summed E-state index contributed by atoms with van der Waals surface area (Å²) in [5.74, 6) is -0.0762. The number of nitrogens with one attached hydrogen (secondary N) is 1. The monoisotopic (exact) mass is 349 g/mol. The van der Waals surface area contributed by atoms with E-state index < -0.39 is 15.6 Å². The molecule has 3 rings (SSSR count). The Kier molecular flexibility index (Phi) is 4.40. The van der Waals surface area contributed by atoms with Crippen molar-refractivity contribution in [2.24, 2.45) is 0 Å². The Morgan fingerprint density at radius 1 is 1.13 bits per heavy atom. The number of rotatable bonds is 5. The van der Waals surface area contributed by atoms with E-state index in [2.05, 4.69) is 4.72 Å². The van der Waals surface area contributed by atoms with Crippen molar-refractivity contribution >= 4 is 27.1 Å². The molecule has 0 unspecified atom stereocenters. The van der Waals surface area contributed by atoms with Gasteiger partial charge < -0.3 is 0 Å². The second-order valence-corrected chi connectivity index (χ2v) is 8.58. The Morgan fingerprint density at radius 2 is 1.78 bits per heavy atom. The maximum Gasteiger partial charge on any atom is 0.241 e. The molecule has 0 spiro atoms. The predicted molar refractivity (Wildman–Crippen MR) is 91.2 cm³/mol. The van der Waals surface area contributed by atoms with Gasteiger partial charge in [0.1, 0.15) is 0 Å². The van der Waals surface area contributed by atoms with Gasteiger partial charge in [-0.25, -0.2) is 8.42 Å². The van der Waals surface area contributed by atoms with E-state index in [1.165, 1.54) is 19.1 Å². The Balaban J connectivity index is 1.91. The first-order valence-corrected chi connectivity index (χ1v) is 9.98. The van der Waals surface area contributed by atoms with Gasteiger partial charge in [-0.2, -0.15) is 4.72 Å². The summed E-state index contributed by atoms with van der Waals surface area (Å²) < 4.78 is 28.5. The number of Topliss-reactive ketones (excluding diaryl/α,β-unsaturated/α-hetero) is 1. The van der Waals surface area contributed by atoms with Crippen molar-refractivity contribution in [1.82, 2.24) is 4.72 Å². The molecule has 4 nitrogen and oxygen atoms in total. The Hall–Kier alpha value is -1.50. The van der Waals surface area contributed by atoms with Gasteiger partial charge in [-0.05, 0) is 43.3 Å². The average molecular weight is 349 g/mol. The summed E-state index contributed by atoms with van der Waals surface area (Å²) in [6, 6.07) is 10.1. The van der Waals surface area contributed by atoms with Crippen LogP contribution in [0.4, 0.5) is 0 Å². The van der Waals surface area contributed by atoms with Crippen molar-refractivity contribution in [1.29, 1.82) is 0 Å². The van der Waals surface area contributed by atoms with Gasteiger partial charge in [0.25, 0.3) is 0 Å². The molecule has 23 heavy (non-hydrogen) atoms. The number of thiophene rings is 1. The number of benzene rings is 1. The van der Waals surface area contributed by atoms with Crippen LogP contribution in [0.1, 0.15) is 47.8 Å². The van der Waals surface area contributed by atoms with E-state index in [9.17, 15) is 13.2 Å². The highest BCUT2D eigenvalue weighted by molar-refractivity contribution is 7.89. The molecule has 1 heterocycles. The summed E-state index contributed by atoms with van der Waals surface area (Å²) in [4.78, 5) is 12.6. The van der Waals surface area contributed by atoms with E-state index in [1.54, 1.807) is 23.5 Å². The van der Waals surface area contributed by atoms with Crippen LogP contribution in [0.5, 0.6) is 0 Å². The zero-order chi connectivity index (χ0) is 16.5. The maximum atomic E-state index is 12.8. The Bertz CT molecular complexity index is 787. The number of hydrogen-bond acceptors (Lipinski definition) is 4. The largest absolute Gasteiger partial charge is 0.295 e. The van der Waals surface area contributed by atoms with E-state index in [1.807, 2.05) is 17.5 Å². The van der Waals surface area contributed by atoms with Crippen molar-refractivity contribution in [3.05, 3.63) is 52.2 Å². The highest BCUT2D eigenvalue weighted by atomic mass is 32.2. The summed E-state index contributed by atoms with van der Waals surface area (Å²) in [5.41, 5.74) is 0.0180. The Morgan fingerprint density at radius 3 is 2.30 bits per heavy atom. The molecule has 0 amide bonds. The lowest BCUT2D eigenvalue weighted by atomic mass is 9.97. The van der Waals surface area contributed by atoms with Crippen molar-refractivity contribution < 1.29 is 13.2 Å². The molecule has 1 aliphatic rings. The predicted octanol–water partition coefficient (Wildman–Crippen LogP) is 3.70. The third-order valence-electron chi connectivity index (χ3n) is 4.35. The van der Waals surface area contributed by atoms with Crippen molar-refractivity contribution in [3.63, 3.8) is 0 Å². The van der Waals surface area contributed by atoms with Gasteiger partial charge in [0, 0.05) is 10.4 Å². The lowest BCUT2D eigenvalue weighted by Crippen LogP contribution is -2.43. The first-order chi connectivity index (χ1) is 10.9. The van der Waals surface area contributed by atoms with Crippen molar-refractivity contribution in [2.75, 3.05) is 0 Å². The van der Waals surface area contributed by atoms with Crippen LogP contribution in [-0.2, 0) is 15.6 Å². The molecule has 6 heteroatoms. The molecule has 1 N–H and O–H groups in total. The van der Waals surface area contributed by atoms with E-state index in [-0.39, 0.29) is 10.7 Å². The van der Waals surface area contributed by atoms with Crippen LogP contribution >= 0.6 is 11.3 Å². The maximum absolute atomic E-state index is 12.8. The molecular formula is C17H19NO3S2. The van der Waals surface area contributed by atoms with Gasteiger partial charge in [-0.3, -0.25) is 4.79 Å². The summed E-state index contributed by atoms with van der Waals surface area (Å²) in [6.07, 6.45) is 3.67. The van der Waals surface area contributed by atoms with Crippen LogP contribution in [0.15, 0.2) is 46.7 Å². The standard InChI is InChI=1S/C17H19NO3S2/c1-13(19)14-6-8-15(9-7-14)23(20,21)18-17(10-2-3-11-17)16-5-4-12-22-16/h4-9,12,18H,2-3,10-11H2,1H3. The van der Waals surface area contributed by atoms with E-state index in [4.69, 9.17) is 0 Å². The van der Waals surface area contributed by atoms with Gasteiger partial charge >= 0.3 is 0 Å². The third-order valence-corrected chi connectivity index (χ3v) is 6.98. The number of carbonyl (C=O) groups excluding carboxylic acids is 1. The minimum absolute atomic E-state index is 0.0762. The number of hydrogen-bond donors (Lipinski definition) is 1. The lowest BCUT2D eigenvalue weighted by Gasteiger charge is -2.29. The summed E-state index contributed by atoms with van der Waals surface area (Å²) in [6.45, 7) is 1.46.